The van der Waals surface area contributed by atoms with E-state index in [1.807, 2.05) is 6.07 Å². The lowest BCUT2D eigenvalue weighted by molar-refractivity contribution is -0.184. The molecule has 4 heteroatoms. The van der Waals surface area contributed by atoms with Gasteiger partial charge in [-0.3, -0.25) is 4.90 Å². The van der Waals surface area contributed by atoms with Gasteiger partial charge in [0.05, 0.1) is 24.8 Å². The van der Waals surface area contributed by atoms with Crippen LogP contribution in [0.15, 0.2) is 18.2 Å². The van der Waals surface area contributed by atoms with Crippen LogP contribution in [0.25, 0.3) is 0 Å². The van der Waals surface area contributed by atoms with Gasteiger partial charge in [0.15, 0.2) is 5.79 Å². The number of nitriles is 1. The van der Waals surface area contributed by atoms with Gasteiger partial charge in [-0.25, -0.2) is 0 Å². The zero-order chi connectivity index (χ0) is 15.0. The van der Waals surface area contributed by atoms with E-state index in [-0.39, 0.29) is 5.79 Å². The summed E-state index contributed by atoms with van der Waals surface area (Å²) in [6.07, 6.45) is 5.42. The number of hydrogen-bond donors (Lipinski definition) is 0. The number of benzene rings is 1. The van der Waals surface area contributed by atoms with Gasteiger partial charge in [0.25, 0.3) is 0 Å². The molecule has 4 rings (SSSR count). The molecular weight excluding hydrogens is 276 g/mol. The SMILES string of the molecule is N#Cc1ccc2c(c1)CCN(C1CCC3(CC1)OCCO3)C2. The highest BCUT2D eigenvalue weighted by Crippen LogP contribution is 2.38. The van der Waals surface area contributed by atoms with Gasteiger partial charge in [0.2, 0.25) is 0 Å². The van der Waals surface area contributed by atoms with Crippen molar-refractivity contribution < 1.29 is 9.47 Å². The number of nitrogens with zero attached hydrogens (tertiary/aromatic N) is 2. The van der Waals surface area contributed by atoms with Crippen LogP contribution in [-0.4, -0.2) is 36.5 Å². The standard InChI is InChI=1S/C18H22N2O2/c19-12-14-1-2-16-13-20(8-5-15(16)11-14)17-3-6-18(7-4-17)21-9-10-22-18/h1-2,11,17H,3-10,13H2. The molecule has 0 N–H and O–H groups in total. The van der Waals surface area contributed by atoms with Crippen molar-refractivity contribution >= 4 is 0 Å². The van der Waals surface area contributed by atoms with E-state index in [1.54, 1.807) is 0 Å². The molecule has 2 heterocycles. The molecule has 0 bridgehead atoms. The molecule has 0 unspecified atom stereocenters. The van der Waals surface area contributed by atoms with Gasteiger partial charge in [-0.2, -0.15) is 5.26 Å². The maximum Gasteiger partial charge on any atom is 0.168 e. The van der Waals surface area contributed by atoms with Gasteiger partial charge in [-0.15, -0.1) is 0 Å². The van der Waals surface area contributed by atoms with Gasteiger partial charge in [0.1, 0.15) is 0 Å². The van der Waals surface area contributed by atoms with Crippen molar-refractivity contribution in [2.24, 2.45) is 0 Å². The third kappa shape index (κ3) is 2.54. The van der Waals surface area contributed by atoms with E-state index < -0.39 is 0 Å². The summed E-state index contributed by atoms with van der Waals surface area (Å²) < 4.78 is 11.7. The molecule has 0 aromatic heterocycles. The van der Waals surface area contributed by atoms with E-state index in [2.05, 4.69) is 23.1 Å². The first-order valence-electron chi connectivity index (χ1n) is 8.32. The first-order valence-corrected chi connectivity index (χ1v) is 8.32. The van der Waals surface area contributed by atoms with Crippen molar-refractivity contribution in [3.05, 3.63) is 34.9 Å². The molecule has 1 spiro atoms. The molecule has 1 saturated carbocycles. The van der Waals surface area contributed by atoms with Gasteiger partial charge in [-0.1, -0.05) is 6.07 Å². The molecule has 22 heavy (non-hydrogen) atoms. The quantitative estimate of drug-likeness (QED) is 0.799. The molecule has 1 aromatic carbocycles. The minimum absolute atomic E-state index is 0.258. The lowest BCUT2D eigenvalue weighted by Crippen LogP contribution is -2.45. The molecule has 1 aromatic rings. The Hall–Kier alpha value is -1.41. The topological polar surface area (TPSA) is 45.5 Å². The van der Waals surface area contributed by atoms with Gasteiger partial charge in [-0.05, 0) is 42.5 Å². The molecule has 4 nitrogen and oxygen atoms in total. The highest BCUT2D eigenvalue weighted by atomic mass is 16.7. The van der Waals surface area contributed by atoms with Crippen LogP contribution in [0.4, 0.5) is 0 Å². The number of fused-ring (bicyclic) bond motifs is 1. The zero-order valence-corrected chi connectivity index (χ0v) is 12.9. The summed E-state index contributed by atoms with van der Waals surface area (Å²) in [4.78, 5) is 2.61. The number of ether oxygens (including phenoxy) is 2. The van der Waals surface area contributed by atoms with Crippen LogP contribution in [0.1, 0.15) is 42.4 Å². The van der Waals surface area contributed by atoms with Crippen molar-refractivity contribution in [1.82, 2.24) is 4.90 Å². The van der Waals surface area contributed by atoms with Gasteiger partial charge >= 0.3 is 0 Å². The second-order valence-electron chi connectivity index (χ2n) is 6.65. The van der Waals surface area contributed by atoms with Crippen LogP contribution in [0, 0.1) is 11.3 Å². The summed E-state index contributed by atoms with van der Waals surface area (Å²) in [6.45, 7) is 3.62. The van der Waals surface area contributed by atoms with Crippen molar-refractivity contribution in [3.8, 4) is 6.07 Å². The van der Waals surface area contributed by atoms with E-state index in [9.17, 15) is 0 Å². The van der Waals surface area contributed by atoms with Crippen molar-refractivity contribution in [2.45, 2.75) is 50.5 Å². The van der Waals surface area contributed by atoms with Crippen LogP contribution in [-0.2, 0) is 22.4 Å². The Morgan fingerprint density at radius 3 is 2.64 bits per heavy atom. The largest absolute Gasteiger partial charge is 0.348 e. The summed E-state index contributed by atoms with van der Waals surface area (Å²) in [5, 5.41) is 9.01. The first kappa shape index (κ1) is 14.2. The Bertz CT molecular complexity index is 592. The fourth-order valence-electron chi connectivity index (χ4n) is 4.15. The van der Waals surface area contributed by atoms with Crippen LogP contribution >= 0.6 is 0 Å². The van der Waals surface area contributed by atoms with Crippen molar-refractivity contribution in [3.63, 3.8) is 0 Å². The maximum atomic E-state index is 9.01. The molecule has 2 fully saturated rings. The highest BCUT2D eigenvalue weighted by Gasteiger charge is 2.41. The first-order chi connectivity index (χ1) is 10.8. The lowest BCUT2D eigenvalue weighted by atomic mass is 9.87. The molecule has 0 amide bonds. The Balaban J connectivity index is 1.42. The van der Waals surface area contributed by atoms with Gasteiger partial charge < -0.3 is 9.47 Å². The number of hydrogen-bond acceptors (Lipinski definition) is 4. The molecule has 3 aliphatic rings. The Kier molecular flexibility index (Phi) is 3.65. The van der Waals surface area contributed by atoms with Crippen LogP contribution in [0.3, 0.4) is 0 Å². The lowest BCUT2D eigenvalue weighted by Gasteiger charge is -2.42. The van der Waals surface area contributed by atoms with Gasteiger partial charge in [0, 0.05) is 32.0 Å². The van der Waals surface area contributed by atoms with E-state index in [1.165, 1.54) is 11.1 Å². The van der Waals surface area contributed by atoms with E-state index in [4.69, 9.17) is 14.7 Å². The van der Waals surface area contributed by atoms with Crippen LogP contribution < -0.4 is 0 Å². The molecule has 116 valence electrons. The summed E-state index contributed by atoms with van der Waals surface area (Å²) in [6, 6.07) is 9.01. The summed E-state index contributed by atoms with van der Waals surface area (Å²) in [5.41, 5.74) is 3.52. The molecule has 0 atom stereocenters. The minimum atomic E-state index is -0.258. The molecule has 2 aliphatic heterocycles. The monoisotopic (exact) mass is 298 g/mol. The Morgan fingerprint density at radius 1 is 1.14 bits per heavy atom. The second-order valence-corrected chi connectivity index (χ2v) is 6.65. The molecular formula is C18H22N2O2. The summed E-state index contributed by atoms with van der Waals surface area (Å²) in [7, 11) is 0. The average Bonchev–Trinajstić information content (AvgIpc) is 3.03. The smallest absolute Gasteiger partial charge is 0.168 e. The molecule has 1 saturated heterocycles. The minimum Gasteiger partial charge on any atom is -0.348 e. The molecule has 1 aliphatic carbocycles. The van der Waals surface area contributed by atoms with Crippen molar-refractivity contribution in [1.29, 1.82) is 5.26 Å². The van der Waals surface area contributed by atoms with Crippen molar-refractivity contribution in [2.75, 3.05) is 19.8 Å². The summed E-state index contributed by atoms with van der Waals surface area (Å²) in [5.74, 6) is -0.258. The van der Waals surface area contributed by atoms with E-state index in [0.29, 0.717) is 6.04 Å². The fraction of sp³-hybridized carbons (Fsp3) is 0.611. The van der Waals surface area contributed by atoms with E-state index in [0.717, 1.165) is 64.0 Å². The Labute approximate surface area is 131 Å². The van der Waals surface area contributed by atoms with Crippen LogP contribution in [0.2, 0.25) is 0 Å². The van der Waals surface area contributed by atoms with Crippen LogP contribution in [0.5, 0.6) is 0 Å². The zero-order valence-electron chi connectivity index (χ0n) is 12.9. The predicted molar refractivity (Wildman–Crippen MR) is 82.2 cm³/mol. The predicted octanol–water partition coefficient (Wildman–Crippen LogP) is 2.60. The maximum absolute atomic E-state index is 9.01. The number of rotatable bonds is 1. The summed E-state index contributed by atoms with van der Waals surface area (Å²) >= 11 is 0. The normalized spacial score (nSPS) is 25.0. The fourth-order valence-corrected chi connectivity index (χ4v) is 4.15. The van der Waals surface area contributed by atoms with E-state index >= 15 is 0 Å². The molecule has 0 radical (unpaired) electrons. The third-order valence-electron chi connectivity index (χ3n) is 5.42. The third-order valence-corrected chi connectivity index (χ3v) is 5.42. The highest BCUT2D eigenvalue weighted by molar-refractivity contribution is 5.39. The average molecular weight is 298 g/mol. The second kappa shape index (κ2) is 5.66. The Morgan fingerprint density at radius 2 is 1.91 bits per heavy atom.